The second kappa shape index (κ2) is 6.67. The number of fused-ring (bicyclic) bond motifs is 1. The molecule has 2 heterocycles. The van der Waals surface area contributed by atoms with Crippen LogP contribution in [0.25, 0.3) is 28.0 Å². The molecule has 4 nitrogen and oxygen atoms in total. The average Bonchev–Trinajstić information content (AvgIpc) is 3.01. The molecule has 0 aliphatic rings. The molecular formula is C20H16ClN3O. The number of aromatic nitrogens is 3. The summed E-state index contributed by atoms with van der Waals surface area (Å²) < 4.78 is 7.23. The number of benzene rings is 2. The number of ether oxygens (including phenoxy) is 1. The van der Waals surface area contributed by atoms with Gasteiger partial charge in [0.2, 0.25) is 0 Å². The number of halogens is 1. The van der Waals surface area contributed by atoms with E-state index in [1.54, 1.807) is 7.11 Å². The van der Waals surface area contributed by atoms with E-state index in [9.17, 15) is 0 Å². The Morgan fingerprint density at radius 1 is 0.960 bits per heavy atom. The second-order valence-corrected chi connectivity index (χ2v) is 6.13. The first kappa shape index (κ1) is 15.8. The van der Waals surface area contributed by atoms with E-state index in [1.807, 2.05) is 59.2 Å². The van der Waals surface area contributed by atoms with Crippen LogP contribution < -0.4 is 0 Å². The van der Waals surface area contributed by atoms with Gasteiger partial charge in [-0.1, -0.05) is 54.1 Å². The molecule has 2 aromatic carbocycles. The molecular weight excluding hydrogens is 334 g/mol. The molecule has 0 saturated heterocycles. The average molecular weight is 350 g/mol. The Morgan fingerprint density at radius 2 is 1.72 bits per heavy atom. The lowest BCUT2D eigenvalue weighted by Crippen LogP contribution is -1.96. The third-order valence-electron chi connectivity index (χ3n) is 4.07. The Labute approximate surface area is 150 Å². The van der Waals surface area contributed by atoms with Crippen LogP contribution in [0.5, 0.6) is 0 Å². The number of hydrogen-bond donors (Lipinski definition) is 0. The number of nitrogens with zero attached hydrogens (tertiary/aromatic N) is 3. The zero-order valence-electron chi connectivity index (χ0n) is 13.7. The Bertz CT molecular complexity index is 1010. The fourth-order valence-corrected chi connectivity index (χ4v) is 3.09. The van der Waals surface area contributed by atoms with E-state index in [4.69, 9.17) is 21.4 Å². The molecule has 0 amide bonds. The maximum Gasteiger partial charge on any atom is 0.163 e. The molecule has 25 heavy (non-hydrogen) atoms. The minimum absolute atomic E-state index is 0.424. The van der Waals surface area contributed by atoms with Crippen LogP contribution in [-0.2, 0) is 11.3 Å². The topological polar surface area (TPSA) is 39.4 Å². The van der Waals surface area contributed by atoms with E-state index in [-0.39, 0.29) is 0 Å². The molecule has 0 fully saturated rings. The van der Waals surface area contributed by atoms with E-state index in [1.165, 1.54) is 0 Å². The van der Waals surface area contributed by atoms with Gasteiger partial charge in [0.25, 0.3) is 0 Å². The molecule has 0 aliphatic heterocycles. The van der Waals surface area contributed by atoms with Crippen molar-refractivity contribution in [1.82, 2.24) is 14.6 Å². The smallest absolute Gasteiger partial charge is 0.163 e. The van der Waals surface area contributed by atoms with Crippen LogP contribution >= 0.6 is 11.6 Å². The fraction of sp³-hybridized carbons (Fsp3) is 0.100. The Kier molecular flexibility index (Phi) is 4.22. The highest BCUT2D eigenvalue weighted by Crippen LogP contribution is 2.31. The van der Waals surface area contributed by atoms with Gasteiger partial charge in [0.05, 0.1) is 23.6 Å². The SMILES string of the molecule is COCc1nn2c(-c3ccc(Cl)cc3)ccnc2c1-c1ccccc1. The largest absolute Gasteiger partial charge is 0.378 e. The predicted octanol–water partition coefficient (Wildman–Crippen LogP) is 4.86. The van der Waals surface area contributed by atoms with E-state index in [0.717, 1.165) is 33.7 Å². The third kappa shape index (κ3) is 2.90. The number of methoxy groups -OCH3 is 1. The summed E-state index contributed by atoms with van der Waals surface area (Å²) in [5.41, 5.74) is 5.74. The summed E-state index contributed by atoms with van der Waals surface area (Å²) in [6, 6.07) is 19.8. The molecule has 2 aromatic heterocycles. The lowest BCUT2D eigenvalue weighted by atomic mass is 10.1. The summed E-state index contributed by atoms with van der Waals surface area (Å²) in [6.45, 7) is 0.424. The van der Waals surface area contributed by atoms with Crippen molar-refractivity contribution < 1.29 is 4.74 Å². The third-order valence-corrected chi connectivity index (χ3v) is 4.33. The van der Waals surface area contributed by atoms with Gasteiger partial charge in [-0.25, -0.2) is 9.50 Å². The summed E-state index contributed by atoms with van der Waals surface area (Å²) in [6.07, 6.45) is 1.81. The molecule has 5 heteroatoms. The van der Waals surface area contributed by atoms with E-state index in [0.29, 0.717) is 11.6 Å². The summed E-state index contributed by atoms with van der Waals surface area (Å²) in [5.74, 6) is 0. The van der Waals surface area contributed by atoms with Crippen LogP contribution in [0, 0.1) is 0 Å². The van der Waals surface area contributed by atoms with Crippen LogP contribution in [-0.4, -0.2) is 21.7 Å². The van der Waals surface area contributed by atoms with Gasteiger partial charge in [-0.2, -0.15) is 5.10 Å². The molecule has 0 saturated carbocycles. The summed E-state index contributed by atoms with van der Waals surface area (Å²) in [4.78, 5) is 4.58. The van der Waals surface area contributed by atoms with Gasteiger partial charge < -0.3 is 4.74 Å². The molecule has 0 unspecified atom stereocenters. The van der Waals surface area contributed by atoms with Crippen molar-refractivity contribution in [1.29, 1.82) is 0 Å². The van der Waals surface area contributed by atoms with E-state index < -0.39 is 0 Å². The van der Waals surface area contributed by atoms with Crippen molar-refractivity contribution in [3.63, 3.8) is 0 Å². The van der Waals surface area contributed by atoms with Crippen LogP contribution in [0.1, 0.15) is 5.69 Å². The van der Waals surface area contributed by atoms with Gasteiger partial charge in [0.15, 0.2) is 5.65 Å². The van der Waals surface area contributed by atoms with Crippen LogP contribution in [0.3, 0.4) is 0 Å². The lowest BCUT2D eigenvalue weighted by molar-refractivity contribution is 0.181. The maximum atomic E-state index is 6.02. The zero-order valence-corrected chi connectivity index (χ0v) is 14.4. The molecule has 124 valence electrons. The van der Waals surface area contributed by atoms with Gasteiger partial charge in [-0.15, -0.1) is 0 Å². The Morgan fingerprint density at radius 3 is 2.44 bits per heavy atom. The highest BCUT2D eigenvalue weighted by atomic mass is 35.5. The van der Waals surface area contributed by atoms with E-state index in [2.05, 4.69) is 17.1 Å². The number of rotatable bonds is 4. The van der Waals surface area contributed by atoms with Crippen molar-refractivity contribution in [2.75, 3.05) is 7.11 Å². The van der Waals surface area contributed by atoms with Gasteiger partial charge in [0.1, 0.15) is 0 Å². The minimum Gasteiger partial charge on any atom is -0.378 e. The van der Waals surface area contributed by atoms with Crippen molar-refractivity contribution in [3.8, 4) is 22.4 Å². The van der Waals surface area contributed by atoms with Gasteiger partial charge >= 0.3 is 0 Å². The lowest BCUT2D eigenvalue weighted by Gasteiger charge is -2.05. The molecule has 4 rings (SSSR count). The quantitative estimate of drug-likeness (QED) is 0.528. The van der Waals surface area contributed by atoms with Crippen LogP contribution in [0.2, 0.25) is 5.02 Å². The summed E-state index contributed by atoms with van der Waals surface area (Å²) in [7, 11) is 1.67. The van der Waals surface area contributed by atoms with Crippen LogP contribution in [0.4, 0.5) is 0 Å². The molecule has 0 bridgehead atoms. The minimum atomic E-state index is 0.424. The van der Waals surface area contributed by atoms with Crippen molar-refractivity contribution in [3.05, 3.63) is 77.6 Å². The maximum absolute atomic E-state index is 6.02. The van der Waals surface area contributed by atoms with Gasteiger partial charge in [-0.3, -0.25) is 0 Å². The van der Waals surface area contributed by atoms with Crippen molar-refractivity contribution >= 4 is 17.2 Å². The monoisotopic (exact) mass is 349 g/mol. The molecule has 0 aliphatic carbocycles. The van der Waals surface area contributed by atoms with E-state index >= 15 is 0 Å². The normalized spacial score (nSPS) is 11.1. The summed E-state index contributed by atoms with van der Waals surface area (Å²) >= 11 is 6.02. The highest BCUT2D eigenvalue weighted by molar-refractivity contribution is 6.30. The van der Waals surface area contributed by atoms with Crippen molar-refractivity contribution in [2.45, 2.75) is 6.61 Å². The van der Waals surface area contributed by atoms with Gasteiger partial charge in [0, 0.05) is 23.9 Å². The molecule has 0 spiro atoms. The van der Waals surface area contributed by atoms with Gasteiger partial charge in [-0.05, 0) is 23.8 Å². The zero-order chi connectivity index (χ0) is 17.2. The van der Waals surface area contributed by atoms with Crippen molar-refractivity contribution in [2.24, 2.45) is 0 Å². The molecule has 0 radical (unpaired) electrons. The fourth-order valence-electron chi connectivity index (χ4n) is 2.97. The first-order valence-electron chi connectivity index (χ1n) is 7.95. The second-order valence-electron chi connectivity index (χ2n) is 5.69. The number of hydrogen-bond acceptors (Lipinski definition) is 3. The first-order valence-corrected chi connectivity index (χ1v) is 8.32. The Hall–Kier alpha value is -2.69. The first-order chi connectivity index (χ1) is 12.3. The van der Waals surface area contributed by atoms with Crippen LogP contribution in [0.15, 0.2) is 66.9 Å². The molecule has 0 atom stereocenters. The highest BCUT2D eigenvalue weighted by Gasteiger charge is 2.17. The summed E-state index contributed by atoms with van der Waals surface area (Å²) in [5, 5.41) is 5.48. The Balaban J connectivity index is 1.98. The predicted molar refractivity (Wildman–Crippen MR) is 99.6 cm³/mol. The standard InChI is InChI=1S/C20H16ClN3O/c1-25-13-17-19(15-5-3-2-4-6-15)20-22-12-11-18(24(20)23-17)14-7-9-16(21)10-8-14/h2-12H,13H2,1H3. The molecule has 4 aromatic rings. The molecule has 0 N–H and O–H groups in total.